The molecule has 1 heterocycles. The average molecular weight is 191 g/mol. The molecular weight excluding hydrogens is 174 g/mol. The summed E-state index contributed by atoms with van der Waals surface area (Å²) in [5, 5.41) is 0. The van der Waals surface area contributed by atoms with Crippen LogP contribution in [0.5, 0.6) is 0 Å². The first-order valence-electron chi connectivity index (χ1n) is 4.95. The summed E-state index contributed by atoms with van der Waals surface area (Å²) in [6.45, 7) is 17.4. The molecule has 0 atom stereocenters. The van der Waals surface area contributed by atoms with Gasteiger partial charge >= 0.3 is 0 Å². The predicted octanol–water partition coefficient (Wildman–Crippen LogP) is 3.45. The topological polar surface area (TPSA) is 22.2 Å². The van der Waals surface area contributed by atoms with Gasteiger partial charge in [-0.15, -0.1) is 0 Å². The Morgan fingerprint density at radius 2 is 1.86 bits per heavy atom. The third-order valence-corrected chi connectivity index (χ3v) is 2.22. The van der Waals surface area contributed by atoms with E-state index >= 15 is 0 Å². The number of aromatic nitrogens is 2. The third-order valence-electron chi connectivity index (χ3n) is 2.22. The van der Waals surface area contributed by atoms with Gasteiger partial charge in [0, 0.05) is 5.92 Å². The van der Waals surface area contributed by atoms with Crippen LogP contribution in [0, 0.1) is 13.5 Å². The molecule has 0 bridgehead atoms. The van der Waals surface area contributed by atoms with Crippen molar-refractivity contribution < 1.29 is 0 Å². The fourth-order valence-corrected chi connectivity index (χ4v) is 1.61. The van der Waals surface area contributed by atoms with Gasteiger partial charge in [0.2, 0.25) is 0 Å². The Morgan fingerprint density at radius 1 is 1.29 bits per heavy atom. The fraction of sp³-hybridized carbons (Fsp3) is 0.636. The van der Waals surface area contributed by atoms with Crippen LogP contribution in [0.2, 0.25) is 0 Å². The van der Waals surface area contributed by atoms with Crippen LogP contribution >= 0.6 is 0 Å². The minimum absolute atomic E-state index is 0.303. The van der Waals surface area contributed by atoms with E-state index in [9.17, 15) is 0 Å². The molecule has 3 nitrogen and oxygen atoms in total. The van der Waals surface area contributed by atoms with Crippen LogP contribution in [0.25, 0.3) is 4.85 Å². The molecule has 1 aromatic heterocycles. The summed E-state index contributed by atoms with van der Waals surface area (Å²) in [5.74, 6) is 2.07. The molecule has 0 amide bonds. The molecule has 0 aliphatic heterocycles. The molecule has 0 aliphatic rings. The van der Waals surface area contributed by atoms with E-state index < -0.39 is 0 Å². The van der Waals surface area contributed by atoms with E-state index in [2.05, 4.69) is 37.5 Å². The van der Waals surface area contributed by atoms with Crippen molar-refractivity contribution >= 4 is 5.82 Å². The zero-order chi connectivity index (χ0) is 10.9. The average Bonchev–Trinajstić information content (AvgIpc) is 2.42. The lowest BCUT2D eigenvalue weighted by Gasteiger charge is -2.11. The molecule has 0 saturated heterocycles. The molecule has 1 aromatic rings. The standard InChI is InChI=1S/C11H17N3/c1-7(2)10-13-9(5)11(12-6)14(10)8(3)4/h7-8H,1-5H3. The predicted molar refractivity (Wildman–Crippen MR) is 57.7 cm³/mol. The summed E-state index contributed by atoms with van der Waals surface area (Å²) in [4.78, 5) is 8.00. The Bertz CT molecular complexity index is 367. The number of rotatable bonds is 2. The van der Waals surface area contributed by atoms with Gasteiger partial charge in [0.15, 0.2) is 5.82 Å². The van der Waals surface area contributed by atoms with Crippen LogP contribution in [0.1, 0.15) is 51.2 Å². The van der Waals surface area contributed by atoms with E-state index in [1.54, 1.807) is 0 Å². The van der Waals surface area contributed by atoms with Crippen LogP contribution in [0.4, 0.5) is 5.82 Å². The van der Waals surface area contributed by atoms with E-state index in [-0.39, 0.29) is 0 Å². The summed E-state index contributed by atoms with van der Waals surface area (Å²) in [6, 6.07) is 0.303. The van der Waals surface area contributed by atoms with Gasteiger partial charge in [0.25, 0.3) is 5.82 Å². The Balaban J connectivity index is 3.40. The van der Waals surface area contributed by atoms with E-state index in [1.165, 1.54) is 0 Å². The van der Waals surface area contributed by atoms with Crippen molar-refractivity contribution in [2.75, 3.05) is 0 Å². The minimum Gasteiger partial charge on any atom is -0.362 e. The minimum atomic E-state index is 0.303. The van der Waals surface area contributed by atoms with Gasteiger partial charge in [0.1, 0.15) is 0 Å². The van der Waals surface area contributed by atoms with E-state index in [1.807, 2.05) is 11.5 Å². The van der Waals surface area contributed by atoms with Gasteiger partial charge in [0.05, 0.1) is 11.7 Å². The van der Waals surface area contributed by atoms with Crippen molar-refractivity contribution in [1.82, 2.24) is 9.55 Å². The molecule has 14 heavy (non-hydrogen) atoms. The zero-order valence-corrected chi connectivity index (χ0v) is 9.50. The summed E-state index contributed by atoms with van der Waals surface area (Å²) in [7, 11) is 0. The summed E-state index contributed by atoms with van der Waals surface area (Å²) in [5.41, 5.74) is 0.845. The number of imidazole rings is 1. The van der Waals surface area contributed by atoms with Gasteiger partial charge in [-0.2, -0.15) is 0 Å². The Kier molecular flexibility index (Phi) is 2.95. The second kappa shape index (κ2) is 3.83. The molecule has 0 saturated carbocycles. The molecule has 0 fully saturated rings. The maximum absolute atomic E-state index is 7.14. The monoisotopic (exact) mass is 191 g/mol. The smallest absolute Gasteiger partial charge is 0.252 e. The lowest BCUT2D eigenvalue weighted by atomic mass is 10.2. The molecular formula is C11H17N3. The zero-order valence-electron chi connectivity index (χ0n) is 9.50. The molecule has 0 radical (unpaired) electrons. The molecule has 0 spiro atoms. The number of hydrogen-bond acceptors (Lipinski definition) is 1. The lowest BCUT2D eigenvalue weighted by Crippen LogP contribution is -2.07. The van der Waals surface area contributed by atoms with Gasteiger partial charge in [-0.1, -0.05) is 20.4 Å². The first kappa shape index (κ1) is 10.8. The first-order valence-corrected chi connectivity index (χ1v) is 4.95. The number of hydrogen-bond donors (Lipinski definition) is 0. The number of aryl methyl sites for hydroxylation is 1. The molecule has 3 heteroatoms. The molecule has 0 aliphatic carbocycles. The van der Waals surface area contributed by atoms with Crippen LogP contribution in [0.15, 0.2) is 0 Å². The molecule has 0 unspecified atom stereocenters. The fourth-order valence-electron chi connectivity index (χ4n) is 1.61. The van der Waals surface area contributed by atoms with Crippen LogP contribution in [0.3, 0.4) is 0 Å². The van der Waals surface area contributed by atoms with Gasteiger partial charge in [-0.05, 0) is 20.8 Å². The highest BCUT2D eigenvalue weighted by Gasteiger charge is 2.20. The maximum atomic E-state index is 7.14. The van der Waals surface area contributed by atoms with E-state index in [4.69, 9.17) is 6.57 Å². The van der Waals surface area contributed by atoms with Gasteiger partial charge in [-0.3, -0.25) is 4.57 Å². The van der Waals surface area contributed by atoms with Crippen molar-refractivity contribution in [2.45, 2.75) is 46.6 Å². The second-order valence-corrected chi connectivity index (χ2v) is 4.11. The quantitative estimate of drug-likeness (QED) is 0.656. The Labute approximate surface area is 85.6 Å². The summed E-state index contributed by atoms with van der Waals surface area (Å²) >= 11 is 0. The van der Waals surface area contributed by atoms with E-state index in [0.717, 1.165) is 11.5 Å². The highest BCUT2D eigenvalue weighted by molar-refractivity contribution is 5.44. The maximum Gasteiger partial charge on any atom is 0.252 e. The van der Waals surface area contributed by atoms with Gasteiger partial charge in [-0.25, -0.2) is 4.98 Å². The third kappa shape index (κ3) is 1.65. The van der Waals surface area contributed by atoms with Crippen LogP contribution in [-0.4, -0.2) is 9.55 Å². The highest BCUT2D eigenvalue weighted by Crippen LogP contribution is 2.28. The molecule has 1 rings (SSSR count). The summed E-state index contributed by atoms with van der Waals surface area (Å²) in [6.07, 6.45) is 0. The van der Waals surface area contributed by atoms with Gasteiger partial charge < -0.3 is 4.85 Å². The Hall–Kier alpha value is -1.30. The highest BCUT2D eigenvalue weighted by atomic mass is 15.2. The molecule has 76 valence electrons. The van der Waals surface area contributed by atoms with Crippen molar-refractivity contribution in [1.29, 1.82) is 0 Å². The van der Waals surface area contributed by atoms with Crippen molar-refractivity contribution in [3.05, 3.63) is 22.9 Å². The van der Waals surface area contributed by atoms with Crippen LogP contribution in [-0.2, 0) is 0 Å². The normalized spacial score (nSPS) is 11.0. The summed E-state index contributed by atoms with van der Waals surface area (Å²) < 4.78 is 2.03. The first-order chi connectivity index (χ1) is 6.49. The second-order valence-electron chi connectivity index (χ2n) is 4.11. The van der Waals surface area contributed by atoms with E-state index in [0.29, 0.717) is 17.8 Å². The van der Waals surface area contributed by atoms with Crippen LogP contribution < -0.4 is 0 Å². The van der Waals surface area contributed by atoms with Crippen molar-refractivity contribution in [3.63, 3.8) is 0 Å². The number of nitrogens with zero attached hydrogens (tertiary/aromatic N) is 3. The molecule has 0 aromatic carbocycles. The largest absolute Gasteiger partial charge is 0.362 e. The SMILES string of the molecule is [C-]#[N+]c1c(C)nc(C(C)C)n1C(C)C. The molecule has 0 N–H and O–H groups in total. The Morgan fingerprint density at radius 3 is 2.21 bits per heavy atom. The lowest BCUT2D eigenvalue weighted by molar-refractivity contribution is 0.558. The van der Waals surface area contributed by atoms with Crippen molar-refractivity contribution in [3.8, 4) is 0 Å². The van der Waals surface area contributed by atoms with Crippen molar-refractivity contribution in [2.24, 2.45) is 0 Å².